The van der Waals surface area contributed by atoms with Gasteiger partial charge < -0.3 is 19.7 Å². The van der Waals surface area contributed by atoms with Gasteiger partial charge in [-0.25, -0.2) is 4.79 Å². The predicted molar refractivity (Wildman–Crippen MR) is 71.9 cm³/mol. The number of likely N-dealkylation sites (N-methyl/N-ethyl adjacent to an activating group) is 1. The van der Waals surface area contributed by atoms with Crippen LogP contribution in [-0.4, -0.2) is 50.4 Å². The molecule has 0 radical (unpaired) electrons. The molecule has 1 amide bonds. The first-order valence-electron chi connectivity index (χ1n) is 6.49. The number of morpholine rings is 1. The maximum absolute atomic E-state index is 11.5. The molecule has 5 nitrogen and oxygen atoms in total. The molecule has 1 aliphatic rings. The molecule has 1 unspecified atom stereocenters. The van der Waals surface area contributed by atoms with E-state index in [1.165, 1.54) is 0 Å². The lowest BCUT2D eigenvalue weighted by atomic mass is 10.2. The van der Waals surface area contributed by atoms with Crippen LogP contribution < -0.4 is 5.32 Å². The number of benzene rings is 1. The molecule has 0 aromatic heterocycles. The molecule has 0 bridgehead atoms. The normalized spacial score (nSPS) is 19.9. The molecule has 0 aliphatic carbocycles. The second kappa shape index (κ2) is 7.11. The van der Waals surface area contributed by atoms with Gasteiger partial charge in [0.1, 0.15) is 6.61 Å². The van der Waals surface area contributed by atoms with E-state index in [1.807, 2.05) is 37.4 Å². The largest absolute Gasteiger partial charge is 0.445 e. The molecule has 2 rings (SSSR count). The summed E-state index contributed by atoms with van der Waals surface area (Å²) in [6.45, 7) is 3.26. The van der Waals surface area contributed by atoms with Crippen LogP contribution in [0.15, 0.2) is 30.3 Å². The fraction of sp³-hybridized carbons (Fsp3) is 0.500. The van der Waals surface area contributed by atoms with Crippen LogP contribution in [0.5, 0.6) is 0 Å². The minimum Gasteiger partial charge on any atom is -0.445 e. The van der Waals surface area contributed by atoms with Crippen LogP contribution in [0, 0.1) is 0 Å². The van der Waals surface area contributed by atoms with Crippen molar-refractivity contribution in [2.24, 2.45) is 0 Å². The molecule has 1 heterocycles. The third-order valence-electron chi connectivity index (χ3n) is 3.03. The molecule has 1 aromatic rings. The van der Waals surface area contributed by atoms with Crippen LogP contribution in [-0.2, 0) is 16.1 Å². The minimum absolute atomic E-state index is 0.0445. The molecular weight excluding hydrogens is 244 g/mol. The SMILES string of the molecule is CN1CCOC(CNC(=O)OCc2ccccc2)C1. The van der Waals surface area contributed by atoms with Gasteiger partial charge in [0.2, 0.25) is 0 Å². The highest BCUT2D eigenvalue weighted by atomic mass is 16.5. The Morgan fingerprint density at radius 2 is 2.26 bits per heavy atom. The zero-order chi connectivity index (χ0) is 13.5. The van der Waals surface area contributed by atoms with Crippen molar-refractivity contribution in [2.75, 3.05) is 33.3 Å². The Hall–Kier alpha value is -1.59. The molecule has 1 aromatic carbocycles. The van der Waals surface area contributed by atoms with Crippen molar-refractivity contribution < 1.29 is 14.3 Å². The molecule has 1 aliphatic heterocycles. The molecule has 19 heavy (non-hydrogen) atoms. The van der Waals surface area contributed by atoms with E-state index in [2.05, 4.69) is 10.2 Å². The van der Waals surface area contributed by atoms with E-state index in [9.17, 15) is 4.79 Å². The number of amides is 1. The zero-order valence-corrected chi connectivity index (χ0v) is 11.2. The van der Waals surface area contributed by atoms with E-state index in [0.29, 0.717) is 13.2 Å². The average molecular weight is 264 g/mol. The smallest absolute Gasteiger partial charge is 0.407 e. The summed E-state index contributed by atoms with van der Waals surface area (Å²) < 4.78 is 10.7. The number of nitrogens with zero attached hydrogens (tertiary/aromatic N) is 1. The Morgan fingerprint density at radius 1 is 1.47 bits per heavy atom. The van der Waals surface area contributed by atoms with Crippen molar-refractivity contribution in [3.05, 3.63) is 35.9 Å². The van der Waals surface area contributed by atoms with Crippen molar-refractivity contribution in [2.45, 2.75) is 12.7 Å². The summed E-state index contributed by atoms with van der Waals surface area (Å²) in [5.41, 5.74) is 0.978. The zero-order valence-electron chi connectivity index (χ0n) is 11.2. The van der Waals surface area contributed by atoms with Gasteiger partial charge in [0.05, 0.1) is 12.7 Å². The lowest BCUT2D eigenvalue weighted by Crippen LogP contribution is -2.46. The molecule has 1 atom stereocenters. The lowest BCUT2D eigenvalue weighted by molar-refractivity contribution is -0.0181. The Morgan fingerprint density at radius 3 is 3.00 bits per heavy atom. The first-order chi connectivity index (χ1) is 9.24. The standard InChI is InChI=1S/C14H20N2O3/c1-16-7-8-18-13(10-16)9-15-14(17)19-11-12-5-3-2-4-6-12/h2-6,13H,7-11H2,1H3,(H,15,17). The van der Waals surface area contributed by atoms with Crippen LogP contribution in [0.2, 0.25) is 0 Å². The van der Waals surface area contributed by atoms with E-state index in [4.69, 9.17) is 9.47 Å². The number of carbonyl (C=O) groups is 1. The number of alkyl carbamates (subject to hydrolysis) is 1. The number of hydrogen-bond acceptors (Lipinski definition) is 4. The van der Waals surface area contributed by atoms with Crippen molar-refractivity contribution in [3.8, 4) is 0 Å². The van der Waals surface area contributed by atoms with Crippen LogP contribution in [0.25, 0.3) is 0 Å². The summed E-state index contributed by atoms with van der Waals surface area (Å²) in [6, 6.07) is 9.62. The summed E-state index contributed by atoms with van der Waals surface area (Å²) in [4.78, 5) is 13.7. The predicted octanol–water partition coefficient (Wildman–Crippen LogP) is 1.24. The Labute approximate surface area is 113 Å². The molecule has 1 saturated heterocycles. The highest BCUT2D eigenvalue weighted by molar-refractivity contribution is 5.67. The molecule has 1 N–H and O–H groups in total. The number of nitrogens with one attached hydrogen (secondary N) is 1. The van der Waals surface area contributed by atoms with Gasteiger partial charge in [-0.1, -0.05) is 30.3 Å². The van der Waals surface area contributed by atoms with Gasteiger partial charge in [-0.2, -0.15) is 0 Å². The monoisotopic (exact) mass is 264 g/mol. The topological polar surface area (TPSA) is 50.8 Å². The van der Waals surface area contributed by atoms with E-state index < -0.39 is 6.09 Å². The Bertz CT molecular complexity index is 397. The third-order valence-corrected chi connectivity index (χ3v) is 3.03. The molecule has 0 spiro atoms. The van der Waals surface area contributed by atoms with Gasteiger partial charge in [0, 0.05) is 19.6 Å². The summed E-state index contributed by atoms with van der Waals surface area (Å²) in [7, 11) is 2.04. The summed E-state index contributed by atoms with van der Waals surface area (Å²) in [5.74, 6) is 0. The van der Waals surface area contributed by atoms with Gasteiger partial charge >= 0.3 is 6.09 Å². The summed E-state index contributed by atoms with van der Waals surface area (Å²) >= 11 is 0. The van der Waals surface area contributed by atoms with Crippen LogP contribution >= 0.6 is 0 Å². The highest BCUT2D eigenvalue weighted by Crippen LogP contribution is 2.03. The van der Waals surface area contributed by atoms with Gasteiger partial charge in [-0.15, -0.1) is 0 Å². The number of hydrogen-bond donors (Lipinski definition) is 1. The van der Waals surface area contributed by atoms with Crippen molar-refractivity contribution in [3.63, 3.8) is 0 Å². The van der Waals surface area contributed by atoms with Crippen LogP contribution in [0.3, 0.4) is 0 Å². The van der Waals surface area contributed by atoms with Crippen molar-refractivity contribution in [1.82, 2.24) is 10.2 Å². The molecule has 5 heteroatoms. The quantitative estimate of drug-likeness (QED) is 0.889. The van der Waals surface area contributed by atoms with Gasteiger partial charge in [0.25, 0.3) is 0 Å². The summed E-state index contributed by atoms with van der Waals surface area (Å²) in [5, 5.41) is 2.73. The second-order valence-electron chi connectivity index (χ2n) is 4.70. The molecular formula is C14H20N2O3. The first-order valence-corrected chi connectivity index (χ1v) is 6.49. The van der Waals surface area contributed by atoms with Gasteiger partial charge in [-0.3, -0.25) is 0 Å². The molecule has 0 saturated carbocycles. The number of ether oxygens (including phenoxy) is 2. The van der Waals surface area contributed by atoms with E-state index >= 15 is 0 Å². The van der Waals surface area contributed by atoms with Crippen LogP contribution in [0.4, 0.5) is 4.79 Å². The highest BCUT2D eigenvalue weighted by Gasteiger charge is 2.18. The Balaban J connectivity index is 1.64. The van der Waals surface area contributed by atoms with E-state index in [1.54, 1.807) is 0 Å². The Kier molecular flexibility index (Phi) is 5.18. The first kappa shape index (κ1) is 13.8. The summed E-state index contributed by atoms with van der Waals surface area (Å²) in [6.07, 6.45) is -0.358. The second-order valence-corrected chi connectivity index (χ2v) is 4.70. The third kappa shape index (κ3) is 4.89. The molecule has 1 fully saturated rings. The number of rotatable bonds is 4. The van der Waals surface area contributed by atoms with Crippen molar-refractivity contribution in [1.29, 1.82) is 0 Å². The molecule has 104 valence electrons. The fourth-order valence-corrected chi connectivity index (χ4v) is 1.96. The average Bonchev–Trinajstić information content (AvgIpc) is 2.44. The van der Waals surface area contributed by atoms with Crippen molar-refractivity contribution >= 4 is 6.09 Å². The van der Waals surface area contributed by atoms with E-state index in [-0.39, 0.29) is 12.7 Å². The minimum atomic E-state index is -0.402. The van der Waals surface area contributed by atoms with Gasteiger partial charge in [0.15, 0.2) is 0 Å². The van der Waals surface area contributed by atoms with Gasteiger partial charge in [-0.05, 0) is 12.6 Å². The van der Waals surface area contributed by atoms with E-state index in [0.717, 1.165) is 18.7 Å². The van der Waals surface area contributed by atoms with Crippen LogP contribution in [0.1, 0.15) is 5.56 Å². The fourth-order valence-electron chi connectivity index (χ4n) is 1.96. The maximum atomic E-state index is 11.5. The maximum Gasteiger partial charge on any atom is 0.407 e. The number of carbonyl (C=O) groups excluding carboxylic acids is 1. The lowest BCUT2D eigenvalue weighted by Gasteiger charge is -2.29.